The van der Waals surface area contributed by atoms with Crippen molar-refractivity contribution in [3.05, 3.63) is 108 Å². The van der Waals surface area contributed by atoms with Gasteiger partial charge in [0.2, 0.25) is 0 Å². The van der Waals surface area contributed by atoms with Gasteiger partial charge in [-0.2, -0.15) is 0 Å². The number of nitrogens with zero attached hydrogens (tertiary/aromatic N) is 8. The quantitative estimate of drug-likeness (QED) is 0.0464. The molecular formula is C34H42CoN8O8. The molecule has 0 spiro atoms. The van der Waals surface area contributed by atoms with Gasteiger partial charge in [0, 0.05) is 74.0 Å². The van der Waals surface area contributed by atoms with Crippen LogP contribution in [0.3, 0.4) is 0 Å². The Morgan fingerprint density at radius 3 is 1.10 bits per heavy atom. The average Bonchev–Trinajstić information content (AvgIpc) is 3.06. The second kappa shape index (κ2) is 21.3. The van der Waals surface area contributed by atoms with Crippen molar-refractivity contribution in [2.75, 3.05) is 36.0 Å². The summed E-state index contributed by atoms with van der Waals surface area (Å²) in [4.78, 5) is 24.5. The zero-order chi connectivity index (χ0) is 35.4. The summed E-state index contributed by atoms with van der Waals surface area (Å²) < 4.78 is 0. The molecule has 1 radical (unpaired) electrons. The Hall–Kier alpha value is -5.81. The number of phenolic OH excluding ortho intramolecular Hbond substituents is 4. The fourth-order valence-corrected chi connectivity index (χ4v) is 4.39. The molecule has 0 aliphatic heterocycles. The molecule has 275 valence electrons. The van der Waals surface area contributed by atoms with Crippen LogP contribution in [0.5, 0.6) is 23.0 Å². The van der Waals surface area contributed by atoms with E-state index in [9.17, 15) is 40.7 Å². The third-order valence-corrected chi connectivity index (χ3v) is 7.05. The van der Waals surface area contributed by atoms with Crippen LogP contribution in [0, 0.1) is 35.1 Å². The Labute approximate surface area is 306 Å². The van der Waals surface area contributed by atoms with Gasteiger partial charge in [0.25, 0.3) is 11.4 Å². The van der Waals surface area contributed by atoms with Crippen molar-refractivity contribution in [2.45, 2.75) is 27.7 Å². The van der Waals surface area contributed by atoms with Crippen molar-refractivity contribution in [3.8, 4) is 23.0 Å². The number of nitro groups is 2. The molecule has 0 aliphatic carbocycles. The van der Waals surface area contributed by atoms with E-state index in [-0.39, 0.29) is 88.8 Å². The third-order valence-electron chi connectivity index (χ3n) is 7.05. The predicted molar refractivity (Wildman–Crippen MR) is 194 cm³/mol. The fourth-order valence-electron chi connectivity index (χ4n) is 4.39. The van der Waals surface area contributed by atoms with Crippen LogP contribution in [0.4, 0.5) is 45.5 Å². The number of azo groups is 2. The summed E-state index contributed by atoms with van der Waals surface area (Å²) in [5, 5.41) is 76.4. The third kappa shape index (κ3) is 12.2. The van der Waals surface area contributed by atoms with E-state index in [1.807, 2.05) is 27.7 Å². The Kier molecular flexibility index (Phi) is 18.9. The van der Waals surface area contributed by atoms with Crippen molar-refractivity contribution in [2.24, 2.45) is 20.5 Å². The van der Waals surface area contributed by atoms with Crippen LogP contribution < -0.4 is 9.80 Å². The van der Waals surface area contributed by atoms with Gasteiger partial charge in [0.1, 0.15) is 45.7 Å². The molecule has 51 heavy (non-hydrogen) atoms. The molecule has 0 saturated carbocycles. The first-order valence-corrected chi connectivity index (χ1v) is 14.9. The molecule has 4 rings (SSSR count). The Bertz CT molecular complexity index is 1680. The van der Waals surface area contributed by atoms with Crippen molar-refractivity contribution >= 4 is 45.5 Å². The van der Waals surface area contributed by atoms with Gasteiger partial charge < -0.3 is 45.1 Å². The number of hydrogen-bond acceptors (Lipinski definition) is 14. The normalized spacial score (nSPS) is 10.3. The SMILES string of the molecule is CCN(CC)c1ccc(N=Nc2cc([N+](=O)[O-])ccc2O)c(O)c1.CCN(CC)c1ccc(N=Nc2cc([N+](=O)[O-])ccc2O)c(O)c1.[CH3-].[CH3-].[Co+2]. The van der Waals surface area contributed by atoms with Gasteiger partial charge in [0.15, 0.2) is 0 Å². The second-order valence-corrected chi connectivity index (χ2v) is 9.95. The van der Waals surface area contributed by atoms with E-state index in [1.165, 1.54) is 24.3 Å². The number of hydrogen-bond donors (Lipinski definition) is 4. The maximum Gasteiger partial charge on any atom is 2.00 e. The van der Waals surface area contributed by atoms with Gasteiger partial charge in [-0.3, -0.25) is 20.2 Å². The first-order chi connectivity index (χ1) is 22.9. The maximum atomic E-state index is 10.8. The molecule has 0 amide bonds. The molecule has 0 fully saturated rings. The van der Waals surface area contributed by atoms with E-state index in [0.29, 0.717) is 0 Å². The summed E-state index contributed by atoms with van der Waals surface area (Å²) in [6.07, 6.45) is 0. The van der Waals surface area contributed by atoms with Crippen LogP contribution in [0.1, 0.15) is 27.7 Å². The minimum absolute atomic E-state index is 0. The van der Waals surface area contributed by atoms with Crippen LogP contribution in [-0.2, 0) is 16.8 Å². The van der Waals surface area contributed by atoms with Gasteiger partial charge in [-0.1, -0.05) is 0 Å². The zero-order valence-electron chi connectivity index (χ0n) is 29.1. The number of aromatic hydroxyl groups is 4. The molecule has 0 unspecified atom stereocenters. The molecule has 0 aromatic heterocycles. The number of rotatable bonds is 12. The van der Waals surface area contributed by atoms with Gasteiger partial charge in [0.05, 0.1) is 9.85 Å². The van der Waals surface area contributed by atoms with Crippen molar-refractivity contribution in [3.63, 3.8) is 0 Å². The van der Waals surface area contributed by atoms with E-state index in [2.05, 4.69) is 30.3 Å². The summed E-state index contributed by atoms with van der Waals surface area (Å²) in [5.74, 6) is -0.589. The second-order valence-electron chi connectivity index (χ2n) is 9.95. The minimum Gasteiger partial charge on any atom is -0.506 e. The zero-order valence-corrected chi connectivity index (χ0v) is 30.1. The standard InChI is InChI=1S/2C16H18N4O4.2CH3.Co/c2*1-3-19(4-2)11-5-7-13(16(22)10-11)17-18-14-9-12(20(23)24)6-8-15(14)21;;;/h2*5-10,21-22H,3-4H2,1-2H3;2*1H3;/q;;2*-1;+2. The number of nitro benzene ring substituents is 2. The molecular weight excluding hydrogens is 707 g/mol. The molecule has 4 aromatic carbocycles. The molecule has 0 heterocycles. The Balaban J connectivity index is 0.000000926. The van der Waals surface area contributed by atoms with Crippen LogP contribution in [0.15, 0.2) is 93.3 Å². The van der Waals surface area contributed by atoms with Crippen LogP contribution >= 0.6 is 0 Å². The Morgan fingerprint density at radius 1 is 0.510 bits per heavy atom. The monoisotopic (exact) mass is 749 g/mol. The smallest absolute Gasteiger partial charge is 0.506 e. The summed E-state index contributed by atoms with van der Waals surface area (Å²) in [6, 6.07) is 16.9. The molecule has 0 atom stereocenters. The molecule has 4 aromatic rings. The van der Waals surface area contributed by atoms with Gasteiger partial charge in [-0.25, -0.2) is 0 Å². The predicted octanol–water partition coefficient (Wildman–Crippen LogP) is 9.43. The van der Waals surface area contributed by atoms with Gasteiger partial charge >= 0.3 is 16.8 Å². The van der Waals surface area contributed by atoms with Crippen molar-refractivity contribution < 1.29 is 47.1 Å². The maximum absolute atomic E-state index is 10.8. The van der Waals surface area contributed by atoms with Gasteiger partial charge in [-0.15, -0.1) is 20.5 Å². The molecule has 17 heteroatoms. The van der Waals surface area contributed by atoms with Crippen LogP contribution in [-0.4, -0.2) is 56.5 Å². The molecule has 16 nitrogen and oxygen atoms in total. The van der Waals surface area contributed by atoms with Gasteiger partial charge in [-0.05, 0) is 64.1 Å². The Morgan fingerprint density at radius 2 is 0.824 bits per heavy atom. The van der Waals surface area contributed by atoms with Crippen molar-refractivity contribution in [1.29, 1.82) is 0 Å². The fraction of sp³-hybridized carbons (Fsp3) is 0.235. The number of phenols is 4. The number of anilines is 2. The van der Waals surface area contributed by atoms with E-state index < -0.39 is 9.85 Å². The van der Waals surface area contributed by atoms with E-state index in [0.717, 1.165) is 49.7 Å². The minimum atomic E-state index is -0.588. The summed E-state index contributed by atoms with van der Waals surface area (Å²) in [5.41, 5.74) is 1.62. The number of non-ortho nitro benzene ring substituents is 2. The summed E-state index contributed by atoms with van der Waals surface area (Å²) in [7, 11) is 0. The first kappa shape index (κ1) is 45.2. The van der Waals surface area contributed by atoms with E-state index in [1.54, 1.807) is 36.4 Å². The molecule has 0 aliphatic rings. The number of benzene rings is 4. The van der Waals surface area contributed by atoms with Crippen molar-refractivity contribution in [1.82, 2.24) is 0 Å². The summed E-state index contributed by atoms with van der Waals surface area (Å²) >= 11 is 0. The molecule has 0 saturated heterocycles. The van der Waals surface area contributed by atoms with Crippen LogP contribution in [0.25, 0.3) is 0 Å². The average molecular weight is 750 g/mol. The first-order valence-electron chi connectivity index (χ1n) is 14.9. The largest absolute Gasteiger partial charge is 2.00 e. The molecule has 4 N–H and O–H groups in total. The summed E-state index contributed by atoms with van der Waals surface area (Å²) in [6.45, 7) is 11.3. The van der Waals surface area contributed by atoms with Crippen LogP contribution in [0.2, 0.25) is 0 Å². The van der Waals surface area contributed by atoms with E-state index in [4.69, 9.17) is 0 Å². The van der Waals surface area contributed by atoms with E-state index >= 15 is 0 Å². The molecule has 0 bridgehead atoms. The topological polar surface area (TPSA) is 223 Å².